The average molecular weight is 394 g/mol. The number of piperidine rings is 1. The Balaban J connectivity index is 1.35. The number of amides is 1. The fourth-order valence-corrected chi connectivity index (χ4v) is 4.49. The molecule has 1 saturated heterocycles. The van der Waals surface area contributed by atoms with Crippen LogP contribution in [0, 0.1) is 5.82 Å². The fourth-order valence-electron chi connectivity index (χ4n) is 4.49. The van der Waals surface area contributed by atoms with Crippen molar-refractivity contribution < 1.29 is 9.18 Å². The molecular formula is C24H28FN3O. The maximum Gasteiger partial charge on any atom is 0.239 e. The Kier molecular flexibility index (Phi) is 5.67. The number of hydrogen-bond acceptors (Lipinski definition) is 2. The lowest BCUT2D eigenvalue weighted by Gasteiger charge is -2.36. The minimum absolute atomic E-state index is 0.0832. The number of carbonyl (C=O) groups is 1. The number of aromatic amines is 1. The van der Waals surface area contributed by atoms with Gasteiger partial charge < -0.3 is 9.88 Å². The zero-order chi connectivity index (χ0) is 20.4. The van der Waals surface area contributed by atoms with Crippen molar-refractivity contribution in [1.82, 2.24) is 14.8 Å². The summed E-state index contributed by atoms with van der Waals surface area (Å²) in [4.78, 5) is 20.3. The van der Waals surface area contributed by atoms with Gasteiger partial charge in [-0.15, -0.1) is 0 Å². The van der Waals surface area contributed by atoms with E-state index in [0.29, 0.717) is 12.5 Å². The number of likely N-dealkylation sites (N-methyl/N-ethyl adjacent to an activating group) is 1. The number of carbonyl (C=O) groups excluding carboxylic acids is 1. The smallest absolute Gasteiger partial charge is 0.239 e. The first-order valence-electron chi connectivity index (χ1n) is 10.3. The van der Waals surface area contributed by atoms with Crippen LogP contribution in [-0.4, -0.2) is 46.9 Å². The Morgan fingerprint density at radius 2 is 1.97 bits per heavy atom. The number of fused-ring (bicyclic) bond motifs is 1. The fraction of sp³-hybridized carbons (Fsp3) is 0.375. The molecule has 1 fully saturated rings. The first kappa shape index (κ1) is 19.6. The Labute approximate surface area is 171 Å². The molecule has 1 N–H and O–H groups in total. The van der Waals surface area contributed by atoms with Gasteiger partial charge in [0.15, 0.2) is 0 Å². The number of aromatic nitrogens is 1. The molecule has 2 aromatic carbocycles. The molecule has 1 aromatic heterocycles. The normalized spacial score (nSPS) is 16.8. The van der Waals surface area contributed by atoms with Gasteiger partial charge in [-0.3, -0.25) is 9.69 Å². The van der Waals surface area contributed by atoms with Gasteiger partial charge in [0.1, 0.15) is 5.82 Å². The van der Waals surface area contributed by atoms with Gasteiger partial charge >= 0.3 is 0 Å². The van der Waals surface area contributed by atoms with E-state index in [-0.39, 0.29) is 17.8 Å². The molecule has 3 aromatic rings. The maximum absolute atomic E-state index is 13.4. The molecule has 29 heavy (non-hydrogen) atoms. The summed E-state index contributed by atoms with van der Waals surface area (Å²) < 4.78 is 13.4. The van der Waals surface area contributed by atoms with E-state index in [0.717, 1.165) is 31.5 Å². The topological polar surface area (TPSA) is 39.3 Å². The Bertz CT molecular complexity index is 990. The minimum Gasteiger partial charge on any atom is -0.361 e. The number of likely N-dealkylation sites (tertiary alicyclic amines) is 1. The van der Waals surface area contributed by atoms with Crippen molar-refractivity contribution in [3.63, 3.8) is 0 Å². The van der Waals surface area contributed by atoms with Crippen LogP contribution in [0.25, 0.3) is 10.9 Å². The molecule has 0 radical (unpaired) electrons. The van der Waals surface area contributed by atoms with Crippen LogP contribution in [0.3, 0.4) is 0 Å². The van der Waals surface area contributed by atoms with E-state index in [1.165, 1.54) is 28.6 Å². The van der Waals surface area contributed by atoms with E-state index < -0.39 is 0 Å². The second kappa shape index (κ2) is 8.37. The molecule has 4 nitrogen and oxygen atoms in total. The first-order valence-corrected chi connectivity index (χ1v) is 10.3. The molecule has 5 heteroatoms. The highest BCUT2D eigenvalue weighted by Gasteiger charge is 2.29. The summed E-state index contributed by atoms with van der Waals surface area (Å²) in [5.74, 6) is 0.338. The zero-order valence-electron chi connectivity index (χ0n) is 17.1. The molecule has 152 valence electrons. The van der Waals surface area contributed by atoms with E-state index in [1.54, 1.807) is 18.0 Å². The molecular weight excluding hydrogens is 365 g/mol. The summed E-state index contributed by atoms with van der Waals surface area (Å²) >= 11 is 0. The highest BCUT2D eigenvalue weighted by molar-refractivity contribution is 5.83. The molecule has 0 bridgehead atoms. The molecule has 4 rings (SSSR count). The van der Waals surface area contributed by atoms with Crippen molar-refractivity contribution in [3.05, 3.63) is 71.7 Å². The second-order valence-corrected chi connectivity index (χ2v) is 8.10. The predicted molar refractivity (Wildman–Crippen MR) is 114 cm³/mol. The molecule has 0 spiro atoms. The number of rotatable bonds is 5. The van der Waals surface area contributed by atoms with E-state index >= 15 is 0 Å². The third kappa shape index (κ3) is 4.20. The van der Waals surface area contributed by atoms with Crippen molar-refractivity contribution in [2.24, 2.45) is 0 Å². The summed E-state index contributed by atoms with van der Waals surface area (Å²) in [5.41, 5.74) is 3.39. The van der Waals surface area contributed by atoms with Crippen LogP contribution < -0.4 is 0 Å². The van der Waals surface area contributed by atoms with Gasteiger partial charge in [0.25, 0.3) is 0 Å². The van der Waals surface area contributed by atoms with Crippen LogP contribution in [-0.2, 0) is 11.3 Å². The molecule has 0 aliphatic carbocycles. The minimum atomic E-state index is -0.268. The Hall–Kier alpha value is -2.66. The van der Waals surface area contributed by atoms with Gasteiger partial charge in [0.2, 0.25) is 5.91 Å². The van der Waals surface area contributed by atoms with Crippen molar-refractivity contribution in [3.8, 4) is 0 Å². The lowest BCUT2D eigenvalue weighted by atomic mass is 9.88. The summed E-state index contributed by atoms with van der Waals surface area (Å²) in [6.45, 7) is 4.22. The van der Waals surface area contributed by atoms with E-state index in [1.807, 2.05) is 13.0 Å². The van der Waals surface area contributed by atoms with Gasteiger partial charge in [-0.25, -0.2) is 4.39 Å². The molecule has 0 saturated carbocycles. The lowest BCUT2D eigenvalue weighted by molar-refractivity contribution is -0.136. The summed E-state index contributed by atoms with van der Waals surface area (Å²) in [6, 6.07) is 14.7. The van der Waals surface area contributed by atoms with Crippen LogP contribution in [0.4, 0.5) is 4.39 Å². The SMILES string of the molecule is C[C@@H](C(=O)N(C)Cc1cccc(F)c1)N1CCC(c2c[nH]c3ccccc23)CC1. The third-order valence-corrected chi connectivity index (χ3v) is 6.18. The summed E-state index contributed by atoms with van der Waals surface area (Å²) in [7, 11) is 1.79. The van der Waals surface area contributed by atoms with Gasteiger partial charge in [0, 0.05) is 30.7 Å². The van der Waals surface area contributed by atoms with E-state index in [9.17, 15) is 9.18 Å². The molecule has 1 aliphatic heterocycles. The maximum atomic E-state index is 13.4. The zero-order valence-corrected chi connectivity index (χ0v) is 17.1. The highest BCUT2D eigenvalue weighted by atomic mass is 19.1. The molecule has 1 atom stereocenters. The number of nitrogens with one attached hydrogen (secondary N) is 1. The monoisotopic (exact) mass is 393 g/mol. The average Bonchev–Trinajstić information content (AvgIpc) is 3.17. The standard InChI is InChI=1S/C24H28FN3O/c1-17(24(29)27(2)16-18-6-5-7-20(25)14-18)28-12-10-19(11-13-28)22-15-26-23-9-4-3-8-21(22)23/h3-9,14-15,17,19,26H,10-13,16H2,1-2H3/t17-/m0/s1. The number of hydrogen-bond donors (Lipinski definition) is 1. The van der Waals surface area contributed by atoms with Crippen molar-refractivity contribution in [2.45, 2.75) is 38.3 Å². The van der Waals surface area contributed by atoms with E-state index in [2.05, 4.69) is 40.3 Å². The second-order valence-electron chi connectivity index (χ2n) is 8.10. The highest BCUT2D eigenvalue weighted by Crippen LogP contribution is 2.33. The number of halogens is 1. The molecule has 1 amide bonds. The number of nitrogens with zero attached hydrogens (tertiary/aromatic N) is 2. The van der Waals surface area contributed by atoms with Gasteiger partial charge in [-0.1, -0.05) is 30.3 Å². The molecule has 2 heterocycles. The Morgan fingerprint density at radius 1 is 1.21 bits per heavy atom. The van der Waals surface area contributed by atoms with Gasteiger partial charge in [-0.2, -0.15) is 0 Å². The molecule has 1 aliphatic rings. The van der Waals surface area contributed by atoms with Crippen molar-refractivity contribution >= 4 is 16.8 Å². The van der Waals surface area contributed by atoms with Gasteiger partial charge in [-0.05, 0) is 68.1 Å². The number of H-pyrrole nitrogens is 1. The third-order valence-electron chi connectivity index (χ3n) is 6.18. The van der Waals surface area contributed by atoms with Crippen molar-refractivity contribution in [1.29, 1.82) is 0 Å². The number of para-hydroxylation sites is 1. The van der Waals surface area contributed by atoms with Crippen LogP contribution >= 0.6 is 0 Å². The van der Waals surface area contributed by atoms with Crippen LogP contribution in [0.15, 0.2) is 54.7 Å². The quantitative estimate of drug-likeness (QED) is 0.692. The van der Waals surface area contributed by atoms with Crippen LogP contribution in [0.5, 0.6) is 0 Å². The summed E-state index contributed by atoms with van der Waals surface area (Å²) in [6.07, 6.45) is 4.24. The largest absolute Gasteiger partial charge is 0.361 e. The van der Waals surface area contributed by atoms with E-state index in [4.69, 9.17) is 0 Å². The first-order chi connectivity index (χ1) is 14.0. The van der Waals surface area contributed by atoms with Crippen LogP contribution in [0.1, 0.15) is 36.8 Å². The molecule has 0 unspecified atom stereocenters. The predicted octanol–water partition coefficient (Wildman–Crippen LogP) is 4.53. The van der Waals surface area contributed by atoms with Gasteiger partial charge in [0.05, 0.1) is 6.04 Å². The Morgan fingerprint density at radius 3 is 2.72 bits per heavy atom. The van der Waals surface area contributed by atoms with Crippen molar-refractivity contribution in [2.75, 3.05) is 20.1 Å². The van der Waals surface area contributed by atoms with Crippen LogP contribution in [0.2, 0.25) is 0 Å². The lowest BCUT2D eigenvalue weighted by Crippen LogP contribution is -2.48. The summed E-state index contributed by atoms with van der Waals surface area (Å²) in [5, 5.41) is 1.31. The number of benzene rings is 2.